The Kier molecular flexibility index (Phi) is 4.40. The largest absolute Gasteiger partial charge is 0.454 e. The van der Waals surface area contributed by atoms with Crippen molar-refractivity contribution in [3.8, 4) is 5.75 Å². The Balaban J connectivity index is 1.56. The van der Waals surface area contributed by atoms with Crippen LogP contribution in [0.3, 0.4) is 0 Å². The zero-order chi connectivity index (χ0) is 25.4. The molecule has 2 unspecified atom stereocenters. The molecule has 0 spiro atoms. The molecule has 10 nitrogen and oxygen atoms in total. The molecule has 1 amide bonds. The highest BCUT2D eigenvalue weighted by atomic mass is 16.6. The molecule has 0 saturated heterocycles. The van der Waals surface area contributed by atoms with E-state index < -0.39 is 33.6 Å². The number of carbonyl (C=O) groups excluding carboxylic acids is 2. The fourth-order valence-electron chi connectivity index (χ4n) is 5.15. The van der Waals surface area contributed by atoms with Gasteiger partial charge in [0.05, 0.1) is 10.5 Å². The van der Waals surface area contributed by atoms with Crippen LogP contribution in [0.2, 0.25) is 0 Å². The predicted molar refractivity (Wildman–Crippen MR) is 127 cm³/mol. The number of aromatic nitrogens is 2. The standard InChI is InChI=1S/C26H20N4O6/c1-14(2)15-6-8-17-20(12-15)36-26(33)18-4-3-5-19(30(34)35)22(18)23(31)25(17,26)28-24(32)16-7-9-21-27-10-11-29(21)13-16/h3-14,33H,1-2H3,(H,28,32). The zero-order valence-corrected chi connectivity index (χ0v) is 19.3. The van der Waals surface area contributed by atoms with Crippen molar-refractivity contribution in [2.75, 3.05) is 0 Å². The average molecular weight is 484 g/mol. The van der Waals surface area contributed by atoms with E-state index in [1.807, 2.05) is 13.8 Å². The molecule has 2 N–H and O–H groups in total. The molecule has 4 aromatic rings. The van der Waals surface area contributed by atoms with E-state index >= 15 is 0 Å². The van der Waals surface area contributed by atoms with Gasteiger partial charge in [0.25, 0.3) is 17.4 Å². The Morgan fingerprint density at radius 1 is 1.19 bits per heavy atom. The molecule has 0 bridgehead atoms. The lowest BCUT2D eigenvalue weighted by atomic mass is 9.82. The van der Waals surface area contributed by atoms with Gasteiger partial charge in [-0.05, 0) is 29.7 Å². The van der Waals surface area contributed by atoms with Gasteiger partial charge in [-0.2, -0.15) is 0 Å². The highest BCUT2D eigenvalue weighted by Gasteiger charge is 2.73. The number of fused-ring (bicyclic) bond motifs is 6. The van der Waals surface area contributed by atoms with Crippen molar-refractivity contribution in [2.45, 2.75) is 31.1 Å². The second kappa shape index (κ2) is 7.22. The third-order valence-electron chi connectivity index (χ3n) is 6.97. The van der Waals surface area contributed by atoms with Crippen LogP contribution >= 0.6 is 0 Å². The number of amides is 1. The molecule has 3 heterocycles. The first kappa shape index (κ1) is 21.9. The molecule has 2 aliphatic rings. The van der Waals surface area contributed by atoms with E-state index in [2.05, 4.69) is 10.3 Å². The van der Waals surface area contributed by atoms with Crippen molar-refractivity contribution in [3.05, 3.63) is 105 Å². The van der Waals surface area contributed by atoms with Gasteiger partial charge in [0.1, 0.15) is 17.0 Å². The summed E-state index contributed by atoms with van der Waals surface area (Å²) in [7, 11) is 0. The smallest absolute Gasteiger partial charge is 0.280 e. The normalized spacial score (nSPS) is 21.7. The number of rotatable bonds is 4. The third kappa shape index (κ3) is 2.67. The van der Waals surface area contributed by atoms with E-state index in [1.165, 1.54) is 18.2 Å². The van der Waals surface area contributed by atoms with Crippen LogP contribution in [-0.2, 0) is 11.3 Å². The summed E-state index contributed by atoms with van der Waals surface area (Å²) in [4.78, 5) is 42.9. The Labute approximate surface area is 204 Å². The van der Waals surface area contributed by atoms with Crippen LogP contribution in [0, 0.1) is 10.1 Å². The number of benzene rings is 2. The molecule has 1 aliphatic heterocycles. The molecule has 1 aliphatic carbocycles. The van der Waals surface area contributed by atoms with Gasteiger partial charge in [0.2, 0.25) is 11.3 Å². The maximum Gasteiger partial charge on any atom is 0.280 e. The van der Waals surface area contributed by atoms with E-state index in [0.717, 1.165) is 5.56 Å². The zero-order valence-electron chi connectivity index (χ0n) is 19.3. The number of imidazole rings is 1. The van der Waals surface area contributed by atoms with E-state index in [1.54, 1.807) is 53.3 Å². The highest BCUT2D eigenvalue weighted by Crippen LogP contribution is 2.59. The lowest BCUT2D eigenvalue weighted by Gasteiger charge is -2.34. The number of nitro groups is 1. The van der Waals surface area contributed by atoms with Crippen molar-refractivity contribution in [1.82, 2.24) is 14.7 Å². The molecule has 0 radical (unpaired) electrons. The number of Topliss-reactive ketones (excluding diaryl/α,β-unsaturated/α-hetero) is 1. The van der Waals surface area contributed by atoms with Crippen LogP contribution < -0.4 is 10.1 Å². The van der Waals surface area contributed by atoms with Crippen LogP contribution in [0.25, 0.3) is 5.65 Å². The van der Waals surface area contributed by atoms with Gasteiger partial charge in [-0.25, -0.2) is 4.98 Å². The van der Waals surface area contributed by atoms with Gasteiger partial charge >= 0.3 is 0 Å². The van der Waals surface area contributed by atoms with E-state index in [0.29, 0.717) is 5.65 Å². The number of hydrogen-bond acceptors (Lipinski definition) is 7. The molecule has 2 aromatic heterocycles. The molecule has 10 heteroatoms. The van der Waals surface area contributed by atoms with E-state index in [4.69, 9.17) is 4.74 Å². The minimum Gasteiger partial charge on any atom is -0.454 e. The Hall–Kier alpha value is -4.57. The van der Waals surface area contributed by atoms with Crippen LogP contribution in [-0.4, -0.2) is 31.1 Å². The molecule has 180 valence electrons. The summed E-state index contributed by atoms with van der Waals surface area (Å²) in [6.45, 7) is 3.97. The molecule has 36 heavy (non-hydrogen) atoms. The molecule has 0 saturated carbocycles. The van der Waals surface area contributed by atoms with Crippen LogP contribution in [0.1, 0.15) is 57.2 Å². The van der Waals surface area contributed by atoms with Crippen LogP contribution in [0.15, 0.2) is 67.1 Å². The minimum atomic E-state index is -2.39. The number of nitrogens with one attached hydrogen (secondary N) is 1. The quantitative estimate of drug-likeness (QED) is 0.335. The number of nitro benzene ring substituents is 1. The second-order valence-corrected chi connectivity index (χ2v) is 9.26. The topological polar surface area (TPSA) is 136 Å². The summed E-state index contributed by atoms with van der Waals surface area (Å²) in [5, 5.41) is 26.5. The average Bonchev–Trinajstić information content (AvgIpc) is 3.47. The van der Waals surface area contributed by atoms with Crippen molar-refractivity contribution in [1.29, 1.82) is 0 Å². The molecule has 2 atom stereocenters. The molecular formula is C26H20N4O6. The first-order valence-electron chi connectivity index (χ1n) is 11.3. The fourth-order valence-corrected chi connectivity index (χ4v) is 5.15. The number of pyridine rings is 1. The Bertz CT molecular complexity index is 1630. The van der Waals surface area contributed by atoms with Crippen molar-refractivity contribution >= 4 is 23.0 Å². The number of ether oxygens (including phenoxy) is 1. The lowest BCUT2D eigenvalue weighted by Crippen LogP contribution is -2.60. The number of ketones is 1. The summed E-state index contributed by atoms with van der Waals surface area (Å²) < 4.78 is 7.66. The first-order chi connectivity index (χ1) is 17.2. The maximum atomic E-state index is 14.1. The van der Waals surface area contributed by atoms with Gasteiger partial charge in [-0.15, -0.1) is 0 Å². The summed E-state index contributed by atoms with van der Waals surface area (Å²) in [5.41, 5.74) is -1.04. The van der Waals surface area contributed by atoms with Crippen molar-refractivity contribution in [3.63, 3.8) is 0 Å². The van der Waals surface area contributed by atoms with Crippen LogP contribution in [0.5, 0.6) is 5.75 Å². The number of nitrogens with zero attached hydrogens (tertiary/aromatic N) is 3. The van der Waals surface area contributed by atoms with Gasteiger partial charge in [0, 0.05) is 35.8 Å². The number of carbonyl (C=O) groups is 2. The number of aliphatic hydroxyl groups is 1. The van der Waals surface area contributed by atoms with E-state index in [9.17, 15) is 24.8 Å². The van der Waals surface area contributed by atoms with Crippen molar-refractivity contribution < 1.29 is 24.4 Å². The third-order valence-corrected chi connectivity index (χ3v) is 6.97. The SMILES string of the molecule is CC(C)c1ccc2c(c1)OC1(O)c3cccc([N+](=O)[O-])c3C(=O)C21NC(=O)c1ccc2nccn2c1. The molecule has 0 fully saturated rings. The Morgan fingerprint density at radius 2 is 2.00 bits per heavy atom. The minimum absolute atomic E-state index is 0.0747. The van der Waals surface area contributed by atoms with Gasteiger partial charge < -0.3 is 19.6 Å². The number of hydrogen-bond donors (Lipinski definition) is 2. The fraction of sp³-hybridized carbons (Fsp3) is 0.192. The van der Waals surface area contributed by atoms with Gasteiger partial charge in [-0.3, -0.25) is 19.7 Å². The highest BCUT2D eigenvalue weighted by molar-refractivity contribution is 6.15. The monoisotopic (exact) mass is 484 g/mol. The van der Waals surface area contributed by atoms with E-state index in [-0.39, 0.29) is 33.9 Å². The molecule has 6 rings (SSSR count). The van der Waals surface area contributed by atoms with Crippen LogP contribution in [0.4, 0.5) is 5.69 Å². The van der Waals surface area contributed by atoms with Crippen molar-refractivity contribution in [2.24, 2.45) is 0 Å². The molecule has 2 aromatic carbocycles. The maximum absolute atomic E-state index is 14.1. The lowest BCUT2D eigenvalue weighted by molar-refractivity contribution is -0.385. The first-order valence-corrected chi connectivity index (χ1v) is 11.3. The molecular weight excluding hydrogens is 464 g/mol. The summed E-state index contributed by atoms with van der Waals surface area (Å²) in [6, 6.07) is 12.3. The summed E-state index contributed by atoms with van der Waals surface area (Å²) in [5.74, 6) is -3.53. The van der Waals surface area contributed by atoms with Gasteiger partial charge in [0.15, 0.2) is 0 Å². The second-order valence-electron chi connectivity index (χ2n) is 9.26. The predicted octanol–water partition coefficient (Wildman–Crippen LogP) is 3.43. The summed E-state index contributed by atoms with van der Waals surface area (Å²) in [6.07, 6.45) is 4.79. The van der Waals surface area contributed by atoms with Gasteiger partial charge in [-0.1, -0.05) is 38.1 Å². The summed E-state index contributed by atoms with van der Waals surface area (Å²) >= 11 is 0. The Morgan fingerprint density at radius 3 is 2.75 bits per heavy atom.